The number of hydrogen-bond acceptors (Lipinski definition) is 5. The predicted molar refractivity (Wildman–Crippen MR) is 77.7 cm³/mol. The summed E-state index contributed by atoms with van der Waals surface area (Å²) in [5.74, 6) is -0.104. The highest BCUT2D eigenvalue weighted by molar-refractivity contribution is 7.99. The zero-order valence-electron chi connectivity index (χ0n) is 10.4. The second-order valence-electron chi connectivity index (χ2n) is 3.89. The van der Waals surface area contributed by atoms with Gasteiger partial charge in [-0.2, -0.15) is 0 Å². The minimum atomic E-state index is -0.243. The van der Waals surface area contributed by atoms with E-state index >= 15 is 0 Å². The average Bonchev–Trinajstić information content (AvgIpc) is 2.37. The lowest BCUT2D eigenvalue weighted by molar-refractivity contribution is 0.318. The maximum absolute atomic E-state index is 11.4. The second kappa shape index (κ2) is 5.98. The fourth-order valence-electron chi connectivity index (χ4n) is 1.59. The van der Waals surface area contributed by atoms with Crippen LogP contribution >= 0.6 is 23.4 Å². The first-order chi connectivity index (χ1) is 9.51. The standard InChI is InChI=1S/C12H11ClN4O2S/c1-6-5-9(18)16-12(15-6)20-8-4-2-3-7(13)10(8)11(14)17-19/h2-5,19H,1H3,(H2,14,17)(H,15,16,18). The van der Waals surface area contributed by atoms with Gasteiger partial charge in [-0.05, 0) is 19.1 Å². The molecule has 0 saturated heterocycles. The molecule has 2 rings (SSSR count). The summed E-state index contributed by atoms with van der Waals surface area (Å²) in [5.41, 5.74) is 6.37. The van der Waals surface area contributed by atoms with Crippen molar-refractivity contribution < 1.29 is 5.21 Å². The molecule has 0 aliphatic rings. The van der Waals surface area contributed by atoms with Crippen LogP contribution in [0.1, 0.15) is 11.3 Å². The summed E-state index contributed by atoms with van der Waals surface area (Å²) in [4.78, 5) is 18.9. The van der Waals surface area contributed by atoms with Crippen LogP contribution in [-0.2, 0) is 0 Å². The van der Waals surface area contributed by atoms with Crippen LogP contribution in [0.25, 0.3) is 0 Å². The Balaban J connectivity index is 2.48. The Morgan fingerprint density at radius 1 is 1.55 bits per heavy atom. The Labute approximate surface area is 123 Å². The SMILES string of the molecule is Cc1cc(=O)[nH]c(Sc2cccc(Cl)c2C(N)=NO)n1. The molecule has 0 saturated carbocycles. The number of aromatic amines is 1. The van der Waals surface area contributed by atoms with E-state index in [0.717, 1.165) is 0 Å². The number of nitrogens with one attached hydrogen (secondary N) is 1. The molecule has 6 nitrogen and oxygen atoms in total. The average molecular weight is 311 g/mol. The molecule has 0 atom stereocenters. The molecule has 1 aromatic heterocycles. The highest BCUT2D eigenvalue weighted by Gasteiger charge is 2.13. The lowest BCUT2D eigenvalue weighted by Crippen LogP contribution is -2.15. The maximum atomic E-state index is 11.4. The van der Waals surface area contributed by atoms with Crippen molar-refractivity contribution >= 4 is 29.2 Å². The molecule has 2 aromatic rings. The van der Waals surface area contributed by atoms with Crippen molar-refractivity contribution in [2.75, 3.05) is 0 Å². The highest BCUT2D eigenvalue weighted by Crippen LogP contribution is 2.31. The molecule has 0 unspecified atom stereocenters. The normalized spacial score (nSPS) is 11.6. The van der Waals surface area contributed by atoms with Gasteiger partial charge in [-0.1, -0.05) is 34.6 Å². The maximum Gasteiger partial charge on any atom is 0.251 e. The van der Waals surface area contributed by atoms with Crippen LogP contribution < -0.4 is 11.3 Å². The summed E-state index contributed by atoms with van der Waals surface area (Å²) in [6.45, 7) is 1.72. The molecule has 0 amide bonds. The number of hydrogen-bond donors (Lipinski definition) is 3. The second-order valence-corrected chi connectivity index (χ2v) is 5.33. The molecule has 0 radical (unpaired) electrons. The first-order valence-corrected chi connectivity index (χ1v) is 6.73. The molecule has 0 spiro atoms. The summed E-state index contributed by atoms with van der Waals surface area (Å²) >= 11 is 7.23. The minimum Gasteiger partial charge on any atom is -0.409 e. The van der Waals surface area contributed by atoms with Crippen LogP contribution in [0.5, 0.6) is 0 Å². The monoisotopic (exact) mass is 310 g/mol. The zero-order chi connectivity index (χ0) is 14.7. The number of halogens is 1. The van der Waals surface area contributed by atoms with Gasteiger partial charge in [0.15, 0.2) is 11.0 Å². The van der Waals surface area contributed by atoms with Crippen molar-refractivity contribution in [3.8, 4) is 0 Å². The molecular formula is C12H11ClN4O2S. The molecular weight excluding hydrogens is 300 g/mol. The van der Waals surface area contributed by atoms with Gasteiger partial charge >= 0.3 is 0 Å². The topological polar surface area (TPSA) is 104 Å². The molecule has 8 heteroatoms. The van der Waals surface area contributed by atoms with Crippen LogP contribution in [0.4, 0.5) is 0 Å². The fourth-order valence-corrected chi connectivity index (χ4v) is 2.93. The van der Waals surface area contributed by atoms with E-state index in [2.05, 4.69) is 15.1 Å². The number of oxime groups is 1. The Hall–Kier alpha value is -1.99. The Kier molecular flexibility index (Phi) is 4.31. The van der Waals surface area contributed by atoms with E-state index < -0.39 is 0 Å². The number of aromatic nitrogens is 2. The van der Waals surface area contributed by atoms with Gasteiger partial charge < -0.3 is 15.9 Å². The molecule has 0 bridgehead atoms. The fraction of sp³-hybridized carbons (Fsp3) is 0.0833. The summed E-state index contributed by atoms with van der Waals surface area (Å²) in [6.07, 6.45) is 0. The van der Waals surface area contributed by atoms with Gasteiger partial charge in [0.25, 0.3) is 5.56 Å². The Morgan fingerprint density at radius 3 is 2.95 bits per heavy atom. The van der Waals surface area contributed by atoms with Gasteiger partial charge in [0.1, 0.15) is 0 Å². The van der Waals surface area contributed by atoms with E-state index in [-0.39, 0.29) is 11.4 Å². The number of aryl methyl sites for hydroxylation is 1. The van der Waals surface area contributed by atoms with Crippen molar-refractivity contribution in [2.45, 2.75) is 17.0 Å². The third-order valence-corrected chi connectivity index (χ3v) is 3.66. The first-order valence-electron chi connectivity index (χ1n) is 5.53. The van der Waals surface area contributed by atoms with E-state index in [4.69, 9.17) is 22.5 Å². The van der Waals surface area contributed by atoms with E-state index in [1.54, 1.807) is 25.1 Å². The van der Waals surface area contributed by atoms with E-state index in [0.29, 0.717) is 26.3 Å². The quantitative estimate of drug-likeness (QED) is 0.264. The van der Waals surface area contributed by atoms with Crippen molar-refractivity contribution in [3.05, 3.63) is 50.9 Å². The molecule has 20 heavy (non-hydrogen) atoms. The van der Waals surface area contributed by atoms with Gasteiger partial charge in [-0.15, -0.1) is 0 Å². The van der Waals surface area contributed by atoms with Gasteiger partial charge in [0.05, 0.1) is 10.6 Å². The molecule has 1 aromatic carbocycles. The number of nitrogens with two attached hydrogens (primary N) is 1. The smallest absolute Gasteiger partial charge is 0.251 e. The van der Waals surface area contributed by atoms with Crippen LogP contribution in [-0.4, -0.2) is 21.0 Å². The van der Waals surface area contributed by atoms with Crippen LogP contribution in [0.2, 0.25) is 5.02 Å². The molecule has 0 aliphatic heterocycles. The molecule has 1 heterocycles. The summed E-state index contributed by atoms with van der Waals surface area (Å²) in [5, 5.41) is 12.5. The summed E-state index contributed by atoms with van der Waals surface area (Å²) < 4.78 is 0. The zero-order valence-corrected chi connectivity index (χ0v) is 12.0. The Bertz CT molecular complexity index is 730. The van der Waals surface area contributed by atoms with Gasteiger partial charge in [0.2, 0.25) is 0 Å². The van der Waals surface area contributed by atoms with Gasteiger partial charge in [-0.3, -0.25) is 4.79 Å². The number of amidine groups is 1. The van der Waals surface area contributed by atoms with Crippen molar-refractivity contribution in [1.82, 2.24) is 9.97 Å². The van der Waals surface area contributed by atoms with Crippen molar-refractivity contribution in [1.29, 1.82) is 0 Å². The number of benzene rings is 1. The molecule has 4 N–H and O–H groups in total. The number of rotatable bonds is 3. The number of H-pyrrole nitrogens is 1. The van der Waals surface area contributed by atoms with E-state index in [9.17, 15) is 4.79 Å². The molecule has 0 fully saturated rings. The number of nitrogens with zero attached hydrogens (tertiary/aromatic N) is 2. The summed E-state index contributed by atoms with van der Waals surface area (Å²) in [6, 6.07) is 6.50. The van der Waals surface area contributed by atoms with Crippen LogP contribution in [0.3, 0.4) is 0 Å². The lowest BCUT2D eigenvalue weighted by atomic mass is 10.2. The molecule has 104 valence electrons. The third kappa shape index (κ3) is 3.12. The summed E-state index contributed by atoms with van der Waals surface area (Å²) in [7, 11) is 0. The van der Waals surface area contributed by atoms with E-state index in [1.807, 2.05) is 0 Å². The van der Waals surface area contributed by atoms with E-state index in [1.165, 1.54) is 17.8 Å². The minimum absolute atomic E-state index is 0.104. The van der Waals surface area contributed by atoms with Crippen molar-refractivity contribution in [3.63, 3.8) is 0 Å². The largest absolute Gasteiger partial charge is 0.409 e. The van der Waals surface area contributed by atoms with Gasteiger partial charge in [0, 0.05) is 16.7 Å². The van der Waals surface area contributed by atoms with Crippen molar-refractivity contribution in [2.24, 2.45) is 10.9 Å². The predicted octanol–water partition coefficient (Wildman–Crippen LogP) is 1.98. The highest BCUT2D eigenvalue weighted by atomic mass is 35.5. The van der Waals surface area contributed by atoms with Crippen LogP contribution in [0, 0.1) is 6.92 Å². The van der Waals surface area contributed by atoms with Gasteiger partial charge in [-0.25, -0.2) is 4.98 Å². The lowest BCUT2D eigenvalue weighted by Gasteiger charge is -2.09. The Morgan fingerprint density at radius 2 is 2.30 bits per heavy atom. The molecule has 0 aliphatic carbocycles. The van der Waals surface area contributed by atoms with Crippen LogP contribution in [0.15, 0.2) is 44.3 Å². The first kappa shape index (κ1) is 14.4. The third-order valence-electron chi connectivity index (χ3n) is 2.39.